The zero-order valence-corrected chi connectivity index (χ0v) is 22.0. The number of nitrogens with zero attached hydrogens (tertiary/aromatic N) is 2. The second-order valence-corrected chi connectivity index (χ2v) is 9.97. The summed E-state index contributed by atoms with van der Waals surface area (Å²) >= 11 is 0. The third-order valence-corrected chi connectivity index (χ3v) is 7.21. The van der Waals surface area contributed by atoms with Crippen LogP contribution >= 0.6 is 0 Å². The Morgan fingerprint density at radius 3 is 2.38 bits per heavy atom. The second-order valence-electron chi connectivity index (χ2n) is 8.29. The first kappa shape index (κ1) is 27.7. The molecule has 0 unspecified atom stereocenters. The zero-order chi connectivity index (χ0) is 27.3. The van der Waals surface area contributed by atoms with Crippen molar-refractivity contribution in [3.63, 3.8) is 0 Å². The molecule has 0 saturated carbocycles. The number of aromatic carboxylic acids is 1. The Morgan fingerprint density at radius 2 is 1.81 bits per heavy atom. The van der Waals surface area contributed by atoms with Gasteiger partial charge in [-0.05, 0) is 62.7 Å². The summed E-state index contributed by atoms with van der Waals surface area (Å²) in [6, 6.07) is 10.5. The van der Waals surface area contributed by atoms with E-state index in [-0.39, 0.29) is 51.8 Å². The molecule has 0 aliphatic carbocycles. The molecule has 0 aliphatic heterocycles. The summed E-state index contributed by atoms with van der Waals surface area (Å²) in [5, 5.41) is 16.5. The van der Waals surface area contributed by atoms with Gasteiger partial charge in [0.2, 0.25) is 21.8 Å². The molecule has 12 heteroatoms. The van der Waals surface area contributed by atoms with E-state index in [1.54, 1.807) is 38.1 Å². The lowest BCUT2D eigenvalue weighted by molar-refractivity contribution is -0.115. The van der Waals surface area contributed by atoms with E-state index in [9.17, 15) is 23.1 Å². The number of nitrogens with one attached hydrogen (secondary N) is 2. The van der Waals surface area contributed by atoms with Crippen molar-refractivity contribution >= 4 is 27.6 Å². The Labute approximate surface area is 215 Å². The highest BCUT2D eigenvalue weighted by molar-refractivity contribution is 7.89. The van der Waals surface area contributed by atoms with E-state index in [1.165, 1.54) is 36.9 Å². The molecule has 0 radical (unpaired) electrons. The van der Waals surface area contributed by atoms with Gasteiger partial charge >= 0.3 is 5.97 Å². The van der Waals surface area contributed by atoms with E-state index >= 15 is 0 Å². The van der Waals surface area contributed by atoms with Gasteiger partial charge in [0.1, 0.15) is 16.4 Å². The van der Waals surface area contributed by atoms with Gasteiger partial charge in [-0.1, -0.05) is 13.8 Å². The molecular weight excluding hydrogens is 500 g/mol. The molecule has 0 aliphatic rings. The number of carbonyl (C=O) groups is 2. The summed E-state index contributed by atoms with van der Waals surface area (Å²) in [7, 11) is -2.57. The van der Waals surface area contributed by atoms with Gasteiger partial charge in [0.25, 0.3) is 0 Å². The van der Waals surface area contributed by atoms with Crippen LogP contribution in [-0.4, -0.2) is 48.3 Å². The number of carboxylic acid groups (broad SMARTS) is 1. The van der Waals surface area contributed by atoms with Gasteiger partial charge in [-0.15, -0.1) is 0 Å². The number of methoxy groups -OCH3 is 1. The summed E-state index contributed by atoms with van der Waals surface area (Å²) in [6.07, 6.45) is 0.761. The first-order valence-corrected chi connectivity index (χ1v) is 13.1. The molecule has 3 N–H and O–H groups in total. The van der Waals surface area contributed by atoms with Gasteiger partial charge in [-0.2, -0.15) is 9.78 Å². The highest BCUT2D eigenvalue weighted by atomic mass is 32.2. The van der Waals surface area contributed by atoms with Gasteiger partial charge in [-0.25, -0.2) is 17.9 Å². The number of rotatable bonds is 11. The highest BCUT2D eigenvalue weighted by Crippen LogP contribution is 2.35. The first-order valence-electron chi connectivity index (χ1n) is 11.6. The van der Waals surface area contributed by atoms with Gasteiger partial charge in [0.05, 0.1) is 12.8 Å². The molecule has 0 fully saturated rings. The Morgan fingerprint density at radius 1 is 1.14 bits per heavy atom. The van der Waals surface area contributed by atoms with E-state index in [4.69, 9.17) is 9.47 Å². The predicted molar refractivity (Wildman–Crippen MR) is 137 cm³/mol. The van der Waals surface area contributed by atoms with Gasteiger partial charge in [-0.3, -0.25) is 4.79 Å². The molecule has 2 aromatic carbocycles. The maximum absolute atomic E-state index is 13.3. The molecule has 3 rings (SSSR count). The fraction of sp³-hybridized carbons (Fsp3) is 0.320. The summed E-state index contributed by atoms with van der Waals surface area (Å²) in [5.41, 5.74) is 0.695. The van der Waals surface area contributed by atoms with E-state index in [0.29, 0.717) is 17.9 Å². The molecule has 11 nitrogen and oxygen atoms in total. The molecule has 1 aromatic heterocycles. The summed E-state index contributed by atoms with van der Waals surface area (Å²) < 4.78 is 41.7. The molecule has 1 heterocycles. The fourth-order valence-electron chi connectivity index (χ4n) is 3.35. The van der Waals surface area contributed by atoms with Crippen molar-refractivity contribution in [2.24, 2.45) is 0 Å². The van der Waals surface area contributed by atoms with Crippen LogP contribution < -0.4 is 19.5 Å². The number of carbonyl (C=O) groups excluding carboxylic acids is 1. The van der Waals surface area contributed by atoms with Gasteiger partial charge in [0.15, 0.2) is 5.69 Å². The Bertz CT molecular complexity index is 1400. The Hall–Kier alpha value is -3.90. The van der Waals surface area contributed by atoms with Crippen molar-refractivity contribution in [1.29, 1.82) is 0 Å². The summed E-state index contributed by atoms with van der Waals surface area (Å²) in [6.45, 7) is 6.76. The first-order chi connectivity index (χ1) is 17.5. The Balaban J connectivity index is 2.17. The number of carboxylic acids is 1. The lowest BCUT2D eigenvalue weighted by Gasteiger charge is -2.17. The lowest BCUT2D eigenvalue weighted by atomic mass is 10.2. The SMILES string of the molecule is CCC(=O)Nc1ccc(Oc2c(C)c(C(=O)O)nn2-c2ccc(OC)cc2)c(S(=O)(=O)N[C@H](C)CC)c1. The third-order valence-electron chi connectivity index (χ3n) is 5.60. The molecule has 3 aromatic rings. The van der Waals surface area contributed by atoms with Crippen LogP contribution in [0, 0.1) is 6.92 Å². The van der Waals surface area contributed by atoms with Crippen molar-refractivity contribution < 1.29 is 32.6 Å². The van der Waals surface area contributed by atoms with Crippen molar-refractivity contribution in [1.82, 2.24) is 14.5 Å². The topological polar surface area (TPSA) is 149 Å². The molecule has 0 saturated heterocycles. The standard InChI is InChI=1S/C25H30N4O7S/c1-6-15(3)28-37(33,34)21-14-17(26-22(30)7-2)8-13-20(21)36-24-16(4)23(25(31)32)27-29(24)18-9-11-19(35-5)12-10-18/h8-15,28H,6-7H2,1-5H3,(H,26,30)(H,31,32)/t15-/m1/s1. The quantitative estimate of drug-likeness (QED) is 0.335. The molecule has 1 atom stereocenters. The van der Waals surface area contributed by atoms with Gasteiger partial charge in [0, 0.05) is 23.7 Å². The van der Waals surface area contributed by atoms with Crippen molar-refractivity contribution in [3.8, 4) is 23.1 Å². The average molecular weight is 531 g/mol. The van der Waals surface area contributed by atoms with Crippen LogP contribution in [-0.2, 0) is 14.8 Å². The number of anilines is 1. The van der Waals surface area contributed by atoms with Crippen LogP contribution in [0.4, 0.5) is 5.69 Å². The van der Waals surface area contributed by atoms with Crippen LogP contribution in [0.2, 0.25) is 0 Å². The van der Waals surface area contributed by atoms with Gasteiger partial charge < -0.3 is 19.9 Å². The second kappa shape index (κ2) is 11.4. The van der Waals surface area contributed by atoms with Crippen LogP contribution in [0.3, 0.4) is 0 Å². The zero-order valence-electron chi connectivity index (χ0n) is 21.2. The predicted octanol–water partition coefficient (Wildman–Crippen LogP) is 4.11. The van der Waals surface area contributed by atoms with E-state index in [0.717, 1.165) is 0 Å². The van der Waals surface area contributed by atoms with Crippen LogP contribution in [0.25, 0.3) is 5.69 Å². The number of ether oxygens (including phenoxy) is 2. The fourth-order valence-corrected chi connectivity index (χ4v) is 4.83. The molecule has 1 amide bonds. The highest BCUT2D eigenvalue weighted by Gasteiger charge is 2.27. The summed E-state index contributed by atoms with van der Waals surface area (Å²) in [4.78, 5) is 23.5. The van der Waals surface area contributed by atoms with E-state index in [2.05, 4.69) is 15.1 Å². The minimum Gasteiger partial charge on any atom is -0.497 e. The molecule has 37 heavy (non-hydrogen) atoms. The van der Waals surface area contributed by atoms with Crippen LogP contribution in [0.5, 0.6) is 17.4 Å². The van der Waals surface area contributed by atoms with E-state index in [1.807, 2.05) is 6.92 Å². The maximum Gasteiger partial charge on any atom is 0.356 e. The molecule has 0 bridgehead atoms. The van der Waals surface area contributed by atoms with Crippen molar-refractivity contribution in [2.75, 3.05) is 12.4 Å². The number of benzene rings is 2. The van der Waals surface area contributed by atoms with Crippen molar-refractivity contribution in [2.45, 2.75) is 51.5 Å². The average Bonchev–Trinajstić information content (AvgIpc) is 3.20. The number of hydrogen-bond donors (Lipinski definition) is 3. The smallest absolute Gasteiger partial charge is 0.356 e. The molecule has 198 valence electrons. The van der Waals surface area contributed by atoms with E-state index < -0.39 is 16.0 Å². The minimum atomic E-state index is -4.09. The maximum atomic E-state index is 13.3. The molecular formula is C25H30N4O7S. The van der Waals surface area contributed by atoms with Crippen LogP contribution in [0.15, 0.2) is 47.4 Å². The number of aromatic nitrogens is 2. The summed E-state index contributed by atoms with van der Waals surface area (Å²) in [5.74, 6) is -1.01. The number of amides is 1. The molecule has 0 spiro atoms. The normalized spacial score (nSPS) is 12.1. The largest absolute Gasteiger partial charge is 0.497 e. The third kappa shape index (κ3) is 6.27. The minimum absolute atomic E-state index is 0.0212. The van der Waals surface area contributed by atoms with Crippen molar-refractivity contribution in [3.05, 3.63) is 53.7 Å². The Kier molecular flexibility index (Phi) is 8.56. The van der Waals surface area contributed by atoms with Crippen LogP contribution in [0.1, 0.15) is 49.7 Å². The lowest BCUT2D eigenvalue weighted by Crippen LogP contribution is -2.32. The monoisotopic (exact) mass is 530 g/mol. The number of hydrogen-bond acceptors (Lipinski definition) is 7. The number of sulfonamides is 1.